The number of aromatic nitrogens is 3. The summed E-state index contributed by atoms with van der Waals surface area (Å²) in [5.41, 5.74) is -3.53. The van der Waals surface area contributed by atoms with Crippen molar-refractivity contribution in [1.29, 1.82) is 0 Å². The van der Waals surface area contributed by atoms with Gasteiger partial charge in [-0.3, -0.25) is 19.1 Å². The maximum absolute atomic E-state index is 14.8. The number of pyridine rings is 3. The van der Waals surface area contributed by atoms with Crippen LogP contribution in [-0.2, 0) is 0 Å². The molecule has 0 spiro atoms. The van der Waals surface area contributed by atoms with Gasteiger partial charge in [0.15, 0.2) is 17.3 Å². The van der Waals surface area contributed by atoms with Gasteiger partial charge in [0.25, 0.3) is 5.91 Å². The van der Waals surface area contributed by atoms with Gasteiger partial charge in [-0.2, -0.15) is 13.2 Å². The molecule has 1 atom stereocenters. The highest BCUT2D eigenvalue weighted by atomic mass is 19.4. The van der Waals surface area contributed by atoms with Crippen LogP contribution in [0.25, 0.3) is 16.9 Å². The van der Waals surface area contributed by atoms with Gasteiger partial charge in [-0.25, -0.2) is 23.5 Å². The Morgan fingerprint density at radius 1 is 1.15 bits per heavy atom. The third-order valence-corrected chi connectivity index (χ3v) is 6.31. The Morgan fingerprint density at radius 2 is 1.85 bits per heavy atom. The Labute approximate surface area is 224 Å². The molecule has 3 amide bonds. The van der Waals surface area contributed by atoms with E-state index in [1.54, 1.807) is 0 Å². The number of amides is 3. The molecule has 4 rings (SSSR count). The lowest BCUT2D eigenvalue weighted by molar-refractivity contribution is -0.174. The lowest BCUT2D eigenvalue weighted by Crippen LogP contribution is -2.53. The molecular weight excluding hydrogens is 543 g/mol. The molecule has 1 fully saturated rings. The van der Waals surface area contributed by atoms with Crippen molar-refractivity contribution in [2.24, 2.45) is 5.41 Å². The molecule has 10 nitrogen and oxygen atoms in total. The second kappa shape index (κ2) is 10.4. The highest BCUT2D eigenvalue weighted by Crippen LogP contribution is 2.33. The molecule has 4 heterocycles. The number of hydrogen-bond acceptors (Lipinski definition) is 6. The van der Waals surface area contributed by atoms with Crippen molar-refractivity contribution in [3.8, 4) is 5.82 Å². The summed E-state index contributed by atoms with van der Waals surface area (Å²) in [5.74, 6) is -4.17. The number of hydrogen-bond donors (Lipinski definition) is 2. The highest BCUT2D eigenvalue weighted by Gasteiger charge is 2.48. The maximum atomic E-state index is 14.8. The second-order valence-electron chi connectivity index (χ2n) is 10.2. The minimum Gasteiger partial charge on any atom is -0.395 e. The number of nitrogens with zero attached hydrogens (tertiary/aromatic N) is 5. The average molecular weight is 569 g/mol. The zero-order chi connectivity index (χ0) is 29.6. The summed E-state index contributed by atoms with van der Waals surface area (Å²) in [5, 5.41) is 10.7. The number of aliphatic hydroxyl groups is 1. The van der Waals surface area contributed by atoms with Gasteiger partial charge >= 0.3 is 12.2 Å². The lowest BCUT2D eigenvalue weighted by atomic mass is 9.86. The van der Waals surface area contributed by atoms with E-state index in [1.807, 2.05) is 5.32 Å². The third-order valence-electron chi connectivity index (χ3n) is 6.31. The Bertz CT molecular complexity index is 1520. The van der Waals surface area contributed by atoms with Crippen molar-refractivity contribution >= 4 is 28.8 Å². The first-order valence-corrected chi connectivity index (χ1v) is 12.1. The summed E-state index contributed by atoms with van der Waals surface area (Å²) in [6.45, 7) is 4.03. The van der Waals surface area contributed by atoms with Gasteiger partial charge in [-0.15, -0.1) is 0 Å². The van der Waals surface area contributed by atoms with Crippen LogP contribution in [0.4, 0.5) is 32.6 Å². The van der Waals surface area contributed by atoms with Crippen LogP contribution in [0, 0.1) is 17.0 Å². The molecule has 3 aromatic rings. The zero-order valence-electron chi connectivity index (χ0n) is 21.6. The molecule has 1 aliphatic heterocycles. The molecule has 40 heavy (non-hydrogen) atoms. The largest absolute Gasteiger partial charge is 0.409 e. The molecule has 0 bridgehead atoms. The molecule has 214 valence electrons. The summed E-state index contributed by atoms with van der Waals surface area (Å²) in [7, 11) is 0. The molecule has 1 saturated heterocycles. The predicted octanol–water partition coefficient (Wildman–Crippen LogP) is 3.00. The highest BCUT2D eigenvalue weighted by molar-refractivity contribution is 5.98. The summed E-state index contributed by atoms with van der Waals surface area (Å²) in [6.07, 6.45) is -3.40. The van der Waals surface area contributed by atoms with Gasteiger partial charge in [-0.05, 0) is 17.5 Å². The van der Waals surface area contributed by atoms with Crippen molar-refractivity contribution in [3.05, 3.63) is 58.0 Å². The molecule has 1 unspecified atom stereocenters. The topological polar surface area (TPSA) is 121 Å². The molecular formula is C25H25F5N6O4. The van der Waals surface area contributed by atoms with Crippen LogP contribution in [-0.4, -0.2) is 74.9 Å². The van der Waals surface area contributed by atoms with Gasteiger partial charge in [0, 0.05) is 31.9 Å². The van der Waals surface area contributed by atoms with Crippen LogP contribution < -0.4 is 15.6 Å². The number of rotatable bonds is 6. The number of carbonyl (C=O) groups is 2. The second-order valence-corrected chi connectivity index (χ2v) is 10.2. The molecule has 1 aliphatic rings. The molecule has 0 aliphatic carbocycles. The number of alkyl halides is 3. The van der Waals surface area contributed by atoms with E-state index in [-0.39, 0.29) is 43.1 Å². The van der Waals surface area contributed by atoms with Gasteiger partial charge in [-0.1, -0.05) is 20.8 Å². The lowest BCUT2D eigenvalue weighted by Gasteiger charge is -2.33. The van der Waals surface area contributed by atoms with E-state index in [9.17, 15) is 36.3 Å². The first-order chi connectivity index (χ1) is 18.6. The average Bonchev–Trinajstić information content (AvgIpc) is 3.21. The fourth-order valence-corrected chi connectivity index (χ4v) is 4.37. The number of aliphatic hydroxyl groups excluding tert-OH is 1. The summed E-state index contributed by atoms with van der Waals surface area (Å²) < 4.78 is 70.5. The molecule has 2 N–H and O–H groups in total. The Balaban J connectivity index is 1.90. The number of urea groups is 1. The number of nitrogens with one attached hydrogen (secondary N) is 1. The van der Waals surface area contributed by atoms with E-state index in [2.05, 4.69) is 9.97 Å². The first-order valence-electron chi connectivity index (χ1n) is 12.1. The van der Waals surface area contributed by atoms with Crippen LogP contribution in [0.3, 0.4) is 0 Å². The molecule has 3 aromatic heterocycles. The summed E-state index contributed by atoms with van der Waals surface area (Å²) in [4.78, 5) is 49.7. The number of halogens is 5. The Hall–Kier alpha value is -4.14. The zero-order valence-corrected chi connectivity index (χ0v) is 21.6. The van der Waals surface area contributed by atoms with Crippen molar-refractivity contribution < 1.29 is 36.6 Å². The van der Waals surface area contributed by atoms with E-state index >= 15 is 0 Å². The Morgan fingerprint density at radius 3 is 2.45 bits per heavy atom. The van der Waals surface area contributed by atoms with E-state index in [1.165, 1.54) is 42.7 Å². The van der Waals surface area contributed by atoms with Crippen LogP contribution in [0.1, 0.15) is 31.1 Å². The van der Waals surface area contributed by atoms with E-state index < -0.39 is 58.0 Å². The minimum atomic E-state index is -4.85. The van der Waals surface area contributed by atoms with Crippen molar-refractivity contribution in [3.63, 3.8) is 0 Å². The molecule has 0 aromatic carbocycles. The molecule has 0 radical (unpaired) electrons. The van der Waals surface area contributed by atoms with Crippen molar-refractivity contribution in [2.45, 2.75) is 33.0 Å². The molecule has 15 heteroatoms. The van der Waals surface area contributed by atoms with Gasteiger partial charge in [0.2, 0.25) is 5.43 Å². The number of fused-ring (bicyclic) bond motifs is 1. The number of carbonyl (C=O) groups excluding carboxylic acids is 2. The monoisotopic (exact) mass is 568 g/mol. The number of anilines is 1. The Kier molecular flexibility index (Phi) is 7.53. The van der Waals surface area contributed by atoms with E-state index in [0.29, 0.717) is 12.3 Å². The van der Waals surface area contributed by atoms with Gasteiger partial charge in [0.1, 0.15) is 23.2 Å². The van der Waals surface area contributed by atoms with Gasteiger partial charge < -0.3 is 15.3 Å². The van der Waals surface area contributed by atoms with Crippen molar-refractivity contribution in [2.75, 3.05) is 31.1 Å². The summed E-state index contributed by atoms with van der Waals surface area (Å²) >= 11 is 0. The van der Waals surface area contributed by atoms with Gasteiger partial charge in [0.05, 0.1) is 18.2 Å². The van der Waals surface area contributed by atoms with Crippen molar-refractivity contribution in [1.82, 2.24) is 24.8 Å². The first kappa shape index (κ1) is 28.9. The predicted molar refractivity (Wildman–Crippen MR) is 133 cm³/mol. The van der Waals surface area contributed by atoms with Crippen LogP contribution in [0.15, 0.2) is 35.4 Å². The standard InChI is InChI=1S/C25H25F5N6O4/c1-24(2,3)22(25(28,29)30)33-21(39)15-12-36(20-16(27)10-13(26)11-31-20)19-14(18(15)38)4-5-17(32-19)35-7-6-34(8-9-37)23(35)40/h4-5,10-12,22,37H,6-9H2,1-3H3,(H,33,39). The van der Waals surface area contributed by atoms with E-state index in [0.717, 1.165) is 10.8 Å². The number of β-amino-alcohol motifs (C(OH)–C–C–N with tert-alkyl or cyclic N) is 1. The van der Waals surface area contributed by atoms with Crippen LogP contribution >= 0.6 is 0 Å². The smallest absolute Gasteiger partial charge is 0.395 e. The van der Waals surface area contributed by atoms with E-state index in [4.69, 9.17) is 5.11 Å². The quantitative estimate of drug-likeness (QED) is 0.442. The fourth-order valence-electron chi connectivity index (χ4n) is 4.37. The third kappa shape index (κ3) is 5.46. The maximum Gasteiger partial charge on any atom is 0.409 e. The SMILES string of the molecule is CC(C)(C)C(NC(=O)c1cn(-c2ncc(F)cc2F)c2nc(N3CCN(CCO)C3=O)ccc2c1=O)C(F)(F)F. The fraction of sp³-hybridized carbons (Fsp3) is 0.400. The van der Waals surface area contributed by atoms with Crippen LogP contribution in [0.2, 0.25) is 0 Å². The minimum absolute atomic E-state index is 0.0377. The summed E-state index contributed by atoms with van der Waals surface area (Å²) in [6, 6.07) is 0.156. The van der Waals surface area contributed by atoms with Crippen LogP contribution in [0.5, 0.6) is 0 Å². The molecule has 0 saturated carbocycles. The normalized spacial score (nSPS) is 15.2.